The summed E-state index contributed by atoms with van der Waals surface area (Å²) in [4.78, 5) is 23.4. The summed E-state index contributed by atoms with van der Waals surface area (Å²) in [6, 6.07) is 14.5. The van der Waals surface area contributed by atoms with E-state index in [9.17, 15) is 9.59 Å². The van der Waals surface area contributed by atoms with Crippen LogP contribution in [0.5, 0.6) is 5.75 Å². The van der Waals surface area contributed by atoms with Crippen molar-refractivity contribution < 1.29 is 19.1 Å². The van der Waals surface area contributed by atoms with Gasteiger partial charge in [0.1, 0.15) is 5.75 Å². The minimum atomic E-state index is -0.411. The first-order valence-corrected chi connectivity index (χ1v) is 9.12. The molecule has 0 atom stereocenters. The molecule has 0 spiro atoms. The molecule has 0 radical (unpaired) electrons. The lowest BCUT2D eigenvalue weighted by molar-refractivity contribution is -0.145. The van der Waals surface area contributed by atoms with Crippen LogP contribution in [0.25, 0.3) is 0 Å². The maximum Gasteiger partial charge on any atom is 0.344 e. The van der Waals surface area contributed by atoms with Gasteiger partial charge in [0.2, 0.25) is 0 Å². The number of amides is 1. The van der Waals surface area contributed by atoms with E-state index < -0.39 is 5.97 Å². The lowest BCUT2D eigenvalue weighted by Crippen LogP contribution is -2.18. The fourth-order valence-electron chi connectivity index (χ4n) is 2.35. The largest absolute Gasteiger partial charge is 0.482 e. The Bertz CT molecular complexity index is 819. The Morgan fingerprint density at radius 1 is 1.04 bits per heavy atom. The molecule has 0 saturated carbocycles. The molecule has 2 aromatic rings. The van der Waals surface area contributed by atoms with Crippen LogP contribution in [-0.2, 0) is 14.9 Å². The quantitative estimate of drug-likeness (QED) is 0.450. The molecule has 0 heterocycles. The summed E-state index contributed by atoms with van der Waals surface area (Å²) in [7, 11) is 0. The van der Waals surface area contributed by atoms with E-state index in [0.29, 0.717) is 17.9 Å². The third-order valence-corrected chi connectivity index (χ3v) is 3.93. The molecule has 0 aromatic heterocycles. The van der Waals surface area contributed by atoms with E-state index in [2.05, 4.69) is 31.3 Å². The van der Waals surface area contributed by atoms with Crippen molar-refractivity contribution >= 4 is 18.1 Å². The van der Waals surface area contributed by atoms with Crippen molar-refractivity contribution in [2.24, 2.45) is 5.10 Å². The molecule has 0 fully saturated rings. The zero-order valence-electron chi connectivity index (χ0n) is 16.7. The first-order valence-electron chi connectivity index (χ1n) is 9.12. The average molecular weight is 382 g/mol. The number of rotatable bonds is 7. The number of esters is 1. The fourth-order valence-corrected chi connectivity index (χ4v) is 2.35. The predicted molar refractivity (Wildman–Crippen MR) is 109 cm³/mol. The molecule has 0 saturated heterocycles. The van der Waals surface area contributed by atoms with Crippen LogP contribution in [0.4, 0.5) is 0 Å². The topological polar surface area (TPSA) is 77.0 Å². The molecule has 6 nitrogen and oxygen atoms in total. The molecule has 0 unspecified atom stereocenters. The molecule has 1 N–H and O–H groups in total. The molecule has 0 bridgehead atoms. The average Bonchev–Trinajstić information content (AvgIpc) is 2.67. The Labute approximate surface area is 165 Å². The maximum absolute atomic E-state index is 12.2. The number of carbonyl (C=O) groups excluding carboxylic acids is 2. The third kappa shape index (κ3) is 6.54. The molecule has 28 heavy (non-hydrogen) atoms. The molecule has 148 valence electrons. The maximum atomic E-state index is 12.2. The van der Waals surface area contributed by atoms with E-state index in [1.165, 1.54) is 6.21 Å². The minimum Gasteiger partial charge on any atom is -0.482 e. The zero-order chi connectivity index (χ0) is 20.6. The summed E-state index contributed by atoms with van der Waals surface area (Å²) in [5.74, 6) is -0.134. The van der Waals surface area contributed by atoms with Crippen LogP contribution in [-0.4, -0.2) is 31.3 Å². The van der Waals surface area contributed by atoms with Crippen LogP contribution >= 0.6 is 0 Å². The van der Waals surface area contributed by atoms with Crippen LogP contribution in [0.2, 0.25) is 0 Å². The summed E-state index contributed by atoms with van der Waals surface area (Å²) in [5, 5.41) is 3.98. The number of hydrogen-bond donors (Lipinski definition) is 1. The van der Waals surface area contributed by atoms with E-state index in [0.717, 1.165) is 11.1 Å². The molecular weight excluding hydrogens is 356 g/mol. The van der Waals surface area contributed by atoms with Gasteiger partial charge >= 0.3 is 5.97 Å². The van der Waals surface area contributed by atoms with Gasteiger partial charge in [0.25, 0.3) is 5.91 Å². The molecule has 6 heteroatoms. The van der Waals surface area contributed by atoms with Gasteiger partial charge in [-0.3, -0.25) is 4.79 Å². The lowest BCUT2D eigenvalue weighted by atomic mass is 9.87. The van der Waals surface area contributed by atoms with Crippen molar-refractivity contribution in [1.29, 1.82) is 0 Å². The van der Waals surface area contributed by atoms with E-state index in [1.54, 1.807) is 43.3 Å². The highest BCUT2D eigenvalue weighted by molar-refractivity contribution is 5.94. The van der Waals surface area contributed by atoms with Crippen LogP contribution in [0, 0.1) is 0 Å². The standard InChI is InChI=1S/C22H26N2O4/c1-5-27-20(25)15-28-19-12-6-16(7-13-19)14-23-24-21(26)17-8-10-18(11-9-17)22(2,3)4/h6-14H,5,15H2,1-4H3,(H,24,26)/b23-14-. The molecule has 2 rings (SSSR count). The number of ether oxygens (including phenoxy) is 2. The normalized spacial score (nSPS) is 11.3. The van der Waals surface area contributed by atoms with Gasteiger partial charge in [0.05, 0.1) is 12.8 Å². The summed E-state index contributed by atoms with van der Waals surface area (Å²) >= 11 is 0. The van der Waals surface area contributed by atoms with Gasteiger partial charge in [-0.25, -0.2) is 10.2 Å². The van der Waals surface area contributed by atoms with Crippen molar-refractivity contribution in [2.75, 3.05) is 13.2 Å². The zero-order valence-corrected chi connectivity index (χ0v) is 16.7. The summed E-state index contributed by atoms with van der Waals surface area (Å²) < 4.78 is 10.1. The lowest BCUT2D eigenvalue weighted by Gasteiger charge is -2.18. The monoisotopic (exact) mass is 382 g/mol. The number of hydrogen-bond acceptors (Lipinski definition) is 5. The van der Waals surface area contributed by atoms with Crippen molar-refractivity contribution in [3.05, 3.63) is 65.2 Å². The van der Waals surface area contributed by atoms with Crippen LogP contribution in [0.15, 0.2) is 53.6 Å². The van der Waals surface area contributed by atoms with Crippen molar-refractivity contribution in [2.45, 2.75) is 33.1 Å². The van der Waals surface area contributed by atoms with Gasteiger partial charge in [-0.05, 0) is 59.9 Å². The predicted octanol–water partition coefficient (Wildman–Crippen LogP) is 3.69. The molecule has 1 amide bonds. The van der Waals surface area contributed by atoms with Gasteiger partial charge in [-0.1, -0.05) is 32.9 Å². The number of carbonyl (C=O) groups is 2. The van der Waals surface area contributed by atoms with Crippen molar-refractivity contribution in [3.8, 4) is 5.75 Å². The van der Waals surface area contributed by atoms with E-state index in [-0.39, 0.29) is 17.9 Å². The smallest absolute Gasteiger partial charge is 0.344 e. The highest BCUT2D eigenvalue weighted by Gasteiger charge is 2.14. The number of benzene rings is 2. The second-order valence-corrected chi connectivity index (χ2v) is 7.19. The highest BCUT2D eigenvalue weighted by atomic mass is 16.6. The fraction of sp³-hybridized carbons (Fsp3) is 0.318. The Kier molecular flexibility index (Phi) is 7.32. The van der Waals surface area contributed by atoms with Gasteiger partial charge in [-0.2, -0.15) is 5.10 Å². The van der Waals surface area contributed by atoms with Gasteiger partial charge in [0.15, 0.2) is 6.61 Å². The van der Waals surface area contributed by atoms with Crippen LogP contribution in [0.1, 0.15) is 49.2 Å². The summed E-state index contributed by atoms with van der Waals surface area (Å²) in [5.41, 5.74) is 5.05. The Morgan fingerprint density at radius 3 is 2.25 bits per heavy atom. The Hall–Kier alpha value is -3.15. The summed E-state index contributed by atoms with van der Waals surface area (Å²) in [6.45, 7) is 8.31. The second-order valence-electron chi connectivity index (χ2n) is 7.19. The van der Waals surface area contributed by atoms with E-state index in [4.69, 9.17) is 9.47 Å². The SMILES string of the molecule is CCOC(=O)COc1ccc(/C=N\NC(=O)c2ccc(C(C)(C)C)cc2)cc1. The third-order valence-electron chi connectivity index (χ3n) is 3.93. The first kappa shape index (κ1) is 21.2. The van der Waals surface area contributed by atoms with E-state index in [1.807, 2.05) is 12.1 Å². The second kappa shape index (κ2) is 9.69. The van der Waals surface area contributed by atoms with Crippen LogP contribution < -0.4 is 10.2 Å². The number of hydrazone groups is 1. The molecular formula is C22H26N2O4. The molecule has 0 aliphatic carbocycles. The number of nitrogens with zero attached hydrogens (tertiary/aromatic N) is 1. The highest BCUT2D eigenvalue weighted by Crippen LogP contribution is 2.22. The van der Waals surface area contributed by atoms with Gasteiger partial charge in [-0.15, -0.1) is 0 Å². The summed E-state index contributed by atoms with van der Waals surface area (Å²) in [6.07, 6.45) is 1.54. The minimum absolute atomic E-state index is 0.0410. The number of nitrogens with one attached hydrogen (secondary N) is 1. The van der Waals surface area contributed by atoms with Crippen molar-refractivity contribution in [3.63, 3.8) is 0 Å². The molecule has 0 aliphatic heterocycles. The van der Waals surface area contributed by atoms with Gasteiger partial charge in [0, 0.05) is 5.56 Å². The molecule has 0 aliphatic rings. The molecule has 2 aromatic carbocycles. The van der Waals surface area contributed by atoms with Crippen molar-refractivity contribution in [1.82, 2.24) is 5.43 Å². The van der Waals surface area contributed by atoms with Crippen LogP contribution in [0.3, 0.4) is 0 Å². The van der Waals surface area contributed by atoms with E-state index >= 15 is 0 Å². The van der Waals surface area contributed by atoms with Gasteiger partial charge < -0.3 is 9.47 Å². The first-order chi connectivity index (χ1) is 13.3. The Morgan fingerprint density at radius 2 is 1.68 bits per heavy atom. The Balaban J connectivity index is 1.86.